The maximum absolute atomic E-state index is 12.3. The van der Waals surface area contributed by atoms with Gasteiger partial charge in [0.05, 0.1) is 6.33 Å². The lowest BCUT2D eigenvalue weighted by Gasteiger charge is -1.97. The van der Waals surface area contributed by atoms with Crippen LogP contribution in [0.25, 0.3) is 11.0 Å². The molecule has 0 spiro atoms. The van der Waals surface area contributed by atoms with Gasteiger partial charge in [0.25, 0.3) is 0 Å². The third kappa shape index (κ3) is 2.07. The summed E-state index contributed by atoms with van der Waals surface area (Å²) >= 11 is 0. The van der Waals surface area contributed by atoms with E-state index in [1.807, 2.05) is 30.3 Å². The van der Waals surface area contributed by atoms with Gasteiger partial charge < -0.3 is 10.2 Å². The van der Waals surface area contributed by atoms with Crippen LogP contribution in [-0.2, 0) is 6.42 Å². The first kappa shape index (κ1) is 9.93. The Balaban J connectivity index is 2.29. The van der Waals surface area contributed by atoms with Gasteiger partial charge in [-0.05, 0) is 17.7 Å². The Kier molecular flexibility index (Phi) is 2.83. The molecule has 0 amide bonds. The van der Waals surface area contributed by atoms with Crippen LogP contribution in [0.1, 0.15) is 5.76 Å². The smallest absolute Gasteiger partial charge is 0.134 e. The van der Waals surface area contributed by atoms with Gasteiger partial charge in [-0.3, -0.25) is 0 Å². The number of fused-ring (bicyclic) bond motifs is 1. The van der Waals surface area contributed by atoms with Crippen LogP contribution in [0.4, 0.5) is 4.39 Å². The second kappa shape index (κ2) is 4.28. The van der Waals surface area contributed by atoms with E-state index in [9.17, 15) is 4.39 Å². The van der Waals surface area contributed by atoms with Gasteiger partial charge in [-0.25, -0.2) is 4.39 Å². The van der Waals surface area contributed by atoms with Gasteiger partial charge in [0.2, 0.25) is 0 Å². The maximum atomic E-state index is 12.3. The summed E-state index contributed by atoms with van der Waals surface area (Å²) < 4.78 is 17.9. The van der Waals surface area contributed by atoms with Crippen LogP contribution in [0.15, 0.2) is 46.7 Å². The van der Waals surface area contributed by atoms with Crippen molar-refractivity contribution in [1.82, 2.24) is 0 Å². The van der Waals surface area contributed by atoms with Crippen LogP contribution >= 0.6 is 0 Å². The van der Waals surface area contributed by atoms with Crippen molar-refractivity contribution in [2.75, 3.05) is 6.54 Å². The van der Waals surface area contributed by atoms with E-state index in [4.69, 9.17) is 10.2 Å². The Hall–Kier alpha value is -1.61. The predicted molar refractivity (Wildman–Crippen MR) is 58.2 cm³/mol. The van der Waals surface area contributed by atoms with Gasteiger partial charge in [0, 0.05) is 18.4 Å². The molecule has 0 saturated carbocycles. The Morgan fingerprint density at radius 1 is 1.40 bits per heavy atom. The van der Waals surface area contributed by atoms with Crippen molar-refractivity contribution in [3.8, 4) is 0 Å². The van der Waals surface area contributed by atoms with E-state index in [1.54, 1.807) is 0 Å². The predicted octanol–water partition coefficient (Wildman–Crippen LogP) is 2.79. The number of halogens is 1. The molecule has 0 aliphatic heterocycles. The van der Waals surface area contributed by atoms with Gasteiger partial charge in [0.1, 0.15) is 11.3 Å². The SMILES string of the molecule is NC/C(=C\F)Cc1cc2ccccc2o1. The monoisotopic (exact) mass is 205 g/mol. The molecule has 0 atom stereocenters. The molecule has 2 N–H and O–H groups in total. The van der Waals surface area contributed by atoms with Crippen LogP contribution in [0.2, 0.25) is 0 Å². The van der Waals surface area contributed by atoms with E-state index >= 15 is 0 Å². The van der Waals surface area contributed by atoms with Gasteiger partial charge in [-0.2, -0.15) is 0 Å². The molecule has 3 heteroatoms. The highest BCUT2D eigenvalue weighted by Crippen LogP contribution is 2.20. The Labute approximate surface area is 87.2 Å². The van der Waals surface area contributed by atoms with E-state index in [-0.39, 0.29) is 6.54 Å². The molecule has 2 nitrogen and oxygen atoms in total. The molecule has 0 bridgehead atoms. The second-order valence-corrected chi connectivity index (χ2v) is 3.40. The molecule has 1 aromatic carbocycles. The number of furan rings is 1. The number of rotatable bonds is 3. The molecule has 0 aliphatic rings. The van der Waals surface area contributed by atoms with Gasteiger partial charge >= 0.3 is 0 Å². The molecule has 15 heavy (non-hydrogen) atoms. The summed E-state index contributed by atoms with van der Waals surface area (Å²) in [5.41, 5.74) is 6.73. The van der Waals surface area contributed by atoms with Crippen LogP contribution in [0.5, 0.6) is 0 Å². The molecule has 0 aliphatic carbocycles. The van der Waals surface area contributed by atoms with Crippen LogP contribution in [0.3, 0.4) is 0 Å². The van der Waals surface area contributed by atoms with Crippen LogP contribution in [0, 0.1) is 0 Å². The van der Waals surface area contributed by atoms with Crippen LogP contribution < -0.4 is 5.73 Å². The highest BCUT2D eigenvalue weighted by molar-refractivity contribution is 5.77. The molecule has 2 aromatic rings. The molecule has 78 valence electrons. The fourth-order valence-electron chi connectivity index (χ4n) is 1.50. The molecule has 0 saturated heterocycles. The van der Waals surface area contributed by atoms with Crippen molar-refractivity contribution in [3.05, 3.63) is 48.0 Å². The van der Waals surface area contributed by atoms with E-state index in [0.29, 0.717) is 18.3 Å². The Morgan fingerprint density at radius 3 is 2.87 bits per heavy atom. The van der Waals surface area contributed by atoms with Crippen molar-refractivity contribution < 1.29 is 8.81 Å². The van der Waals surface area contributed by atoms with E-state index < -0.39 is 0 Å². The molecular weight excluding hydrogens is 193 g/mol. The number of para-hydroxylation sites is 1. The summed E-state index contributed by atoms with van der Waals surface area (Å²) in [5.74, 6) is 0.741. The van der Waals surface area contributed by atoms with Crippen molar-refractivity contribution >= 4 is 11.0 Å². The van der Waals surface area contributed by atoms with Crippen molar-refractivity contribution in [1.29, 1.82) is 0 Å². The number of nitrogens with two attached hydrogens (primary N) is 1. The normalized spacial score (nSPS) is 12.3. The van der Waals surface area contributed by atoms with E-state index in [0.717, 1.165) is 16.7 Å². The zero-order chi connectivity index (χ0) is 10.7. The van der Waals surface area contributed by atoms with Gasteiger partial charge in [0.15, 0.2) is 0 Å². The lowest BCUT2D eigenvalue weighted by atomic mass is 10.1. The number of benzene rings is 1. The molecule has 0 unspecified atom stereocenters. The second-order valence-electron chi connectivity index (χ2n) is 3.40. The standard InChI is InChI=1S/C12H12FNO/c13-7-9(8-14)5-11-6-10-3-1-2-4-12(10)15-11/h1-4,6-7H,5,8,14H2/b9-7-. The third-order valence-corrected chi connectivity index (χ3v) is 2.29. The number of hydrogen-bond donors (Lipinski definition) is 1. The minimum absolute atomic E-state index is 0.216. The first-order chi connectivity index (χ1) is 7.33. The molecule has 2 rings (SSSR count). The fourth-order valence-corrected chi connectivity index (χ4v) is 1.50. The third-order valence-electron chi connectivity index (χ3n) is 2.29. The van der Waals surface area contributed by atoms with E-state index in [1.165, 1.54) is 0 Å². The molecule has 1 aromatic heterocycles. The zero-order valence-corrected chi connectivity index (χ0v) is 8.24. The average Bonchev–Trinajstić information content (AvgIpc) is 2.68. The topological polar surface area (TPSA) is 39.2 Å². The summed E-state index contributed by atoms with van der Waals surface area (Å²) in [7, 11) is 0. The molecule has 1 heterocycles. The van der Waals surface area contributed by atoms with E-state index in [2.05, 4.69) is 0 Å². The van der Waals surface area contributed by atoms with Gasteiger partial charge in [-0.15, -0.1) is 0 Å². The highest BCUT2D eigenvalue weighted by atomic mass is 19.1. The van der Waals surface area contributed by atoms with Crippen molar-refractivity contribution in [2.24, 2.45) is 5.73 Å². The first-order valence-corrected chi connectivity index (χ1v) is 4.79. The van der Waals surface area contributed by atoms with Crippen molar-refractivity contribution in [3.63, 3.8) is 0 Å². The lowest BCUT2D eigenvalue weighted by Crippen LogP contribution is -2.04. The molecule has 0 fully saturated rings. The lowest BCUT2D eigenvalue weighted by molar-refractivity contribution is 0.556. The summed E-state index contributed by atoms with van der Waals surface area (Å²) in [5, 5.41) is 1.03. The molecule has 0 radical (unpaired) electrons. The molecular formula is C12H12FNO. The first-order valence-electron chi connectivity index (χ1n) is 4.79. The summed E-state index contributed by atoms with van der Waals surface area (Å²) in [6.45, 7) is 0.216. The fraction of sp³-hybridized carbons (Fsp3) is 0.167. The minimum Gasteiger partial charge on any atom is -0.461 e. The quantitative estimate of drug-likeness (QED) is 0.836. The zero-order valence-electron chi connectivity index (χ0n) is 8.24. The average molecular weight is 205 g/mol. The van der Waals surface area contributed by atoms with Gasteiger partial charge in [-0.1, -0.05) is 18.2 Å². The Bertz CT molecular complexity index is 454. The number of hydrogen-bond acceptors (Lipinski definition) is 2. The Morgan fingerprint density at radius 2 is 2.20 bits per heavy atom. The summed E-state index contributed by atoms with van der Waals surface area (Å²) in [6, 6.07) is 9.61. The largest absolute Gasteiger partial charge is 0.461 e. The summed E-state index contributed by atoms with van der Waals surface area (Å²) in [4.78, 5) is 0. The highest BCUT2D eigenvalue weighted by Gasteiger charge is 2.05. The van der Waals surface area contributed by atoms with Crippen molar-refractivity contribution in [2.45, 2.75) is 6.42 Å². The summed E-state index contributed by atoms with van der Waals surface area (Å²) in [6.07, 6.45) is 0.981. The minimum atomic E-state index is 0.216. The maximum Gasteiger partial charge on any atom is 0.134 e. The van der Waals surface area contributed by atoms with Crippen LogP contribution in [-0.4, -0.2) is 6.54 Å².